The number of aromatic nitrogens is 5. The van der Waals surface area contributed by atoms with E-state index >= 15 is 0 Å². The lowest BCUT2D eigenvalue weighted by atomic mass is 10.1. The Labute approximate surface area is 180 Å². The van der Waals surface area contributed by atoms with E-state index in [0.717, 1.165) is 6.42 Å². The number of halogens is 1. The molecule has 2 aromatic heterocycles. The Morgan fingerprint density at radius 3 is 2.67 bits per heavy atom. The van der Waals surface area contributed by atoms with Gasteiger partial charge in [-0.25, -0.2) is 18.4 Å². The molecule has 13 heteroatoms. The van der Waals surface area contributed by atoms with Gasteiger partial charge in [0.25, 0.3) is 0 Å². The van der Waals surface area contributed by atoms with Crippen molar-refractivity contribution in [1.29, 1.82) is 0 Å². The quantitative estimate of drug-likeness (QED) is 0.558. The zero-order chi connectivity index (χ0) is 21.7. The van der Waals surface area contributed by atoms with E-state index in [1.54, 1.807) is 11.7 Å². The number of methoxy groups -OCH3 is 2. The van der Waals surface area contributed by atoms with Crippen LogP contribution in [0.2, 0.25) is 5.02 Å². The second-order valence-electron chi connectivity index (χ2n) is 6.85. The third-order valence-corrected chi connectivity index (χ3v) is 6.78. The molecule has 166 valence electrons. The second kappa shape index (κ2) is 9.96. The second-order valence-corrected chi connectivity index (χ2v) is 9.33. The fourth-order valence-corrected chi connectivity index (χ4v) is 4.44. The van der Waals surface area contributed by atoms with Gasteiger partial charge in [0.2, 0.25) is 16.0 Å². The van der Waals surface area contributed by atoms with Crippen LogP contribution in [0.3, 0.4) is 0 Å². The Balaban J connectivity index is 1.85. The predicted molar refractivity (Wildman–Crippen MR) is 109 cm³/mol. The minimum atomic E-state index is -3.92. The van der Waals surface area contributed by atoms with Gasteiger partial charge in [-0.15, -0.1) is 10.2 Å². The summed E-state index contributed by atoms with van der Waals surface area (Å²) >= 11 is 5.82. The maximum absolute atomic E-state index is 13.1. The molecule has 0 unspecified atom stereocenters. The Morgan fingerprint density at radius 1 is 1.33 bits per heavy atom. The van der Waals surface area contributed by atoms with Crippen LogP contribution in [-0.2, 0) is 30.8 Å². The van der Waals surface area contributed by atoms with Gasteiger partial charge >= 0.3 is 0 Å². The lowest BCUT2D eigenvalue weighted by molar-refractivity contribution is 0.0950. The van der Waals surface area contributed by atoms with Crippen molar-refractivity contribution < 1.29 is 22.6 Å². The number of hydrogen-bond donors (Lipinski definition) is 1. The number of sulfonamides is 1. The summed E-state index contributed by atoms with van der Waals surface area (Å²) in [7, 11) is -0.954. The van der Waals surface area contributed by atoms with Gasteiger partial charge in [-0.3, -0.25) is 9.29 Å². The molecular formula is C17H25ClN6O5S. The highest BCUT2D eigenvalue weighted by atomic mass is 35.5. The van der Waals surface area contributed by atoms with Crippen LogP contribution < -0.4 is 4.72 Å². The first kappa shape index (κ1) is 22.8. The Kier molecular flexibility index (Phi) is 7.58. The third kappa shape index (κ3) is 5.06. The molecule has 0 spiro atoms. The van der Waals surface area contributed by atoms with E-state index in [1.807, 2.05) is 0 Å². The average molecular weight is 461 g/mol. The molecule has 3 heterocycles. The van der Waals surface area contributed by atoms with Gasteiger partial charge in [0, 0.05) is 39.1 Å². The molecule has 3 rings (SSSR count). The van der Waals surface area contributed by atoms with Crippen LogP contribution in [0, 0.1) is 0 Å². The monoisotopic (exact) mass is 460 g/mol. The van der Waals surface area contributed by atoms with Gasteiger partial charge in [0.1, 0.15) is 17.2 Å². The summed E-state index contributed by atoms with van der Waals surface area (Å²) in [5.41, 5.74) is 0. The molecule has 0 saturated carbocycles. The smallest absolute Gasteiger partial charge is 0.240 e. The summed E-state index contributed by atoms with van der Waals surface area (Å²) in [6.07, 6.45) is 2.67. The minimum Gasteiger partial charge on any atom is -0.383 e. The van der Waals surface area contributed by atoms with E-state index in [0.29, 0.717) is 37.2 Å². The van der Waals surface area contributed by atoms with Crippen molar-refractivity contribution in [2.45, 2.75) is 37.2 Å². The highest BCUT2D eigenvalue weighted by molar-refractivity contribution is 7.93. The van der Waals surface area contributed by atoms with Crippen molar-refractivity contribution in [3.05, 3.63) is 29.1 Å². The van der Waals surface area contributed by atoms with Crippen LogP contribution in [0.4, 0.5) is 5.95 Å². The minimum absolute atomic E-state index is 0.0548. The van der Waals surface area contributed by atoms with E-state index in [1.165, 1.54) is 26.4 Å². The molecule has 11 nitrogen and oxygen atoms in total. The Hall–Kier alpha value is -1.86. The molecule has 30 heavy (non-hydrogen) atoms. The number of nitrogens with one attached hydrogen (secondary N) is 1. The lowest BCUT2D eigenvalue weighted by Gasteiger charge is -2.22. The normalized spacial score (nSPS) is 19.0. The van der Waals surface area contributed by atoms with Crippen molar-refractivity contribution in [3.63, 3.8) is 0 Å². The first-order valence-corrected chi connectivity index (χ1v) is 11.3. The van der Waals surface area contributed by atoms with Crippen LogP contribution in [0.1, 0.15) is 37.0 Å². The fraction of sp³-hybridized carbons (Fsp3) is 0.647. The molecule has 0 aliphatic carbocycles. The standard InChI is InChI=1S/C17H25ClN6O5S/c1-11(14(28-3)15-19-8-13(18)9-20-15)30(25,26)23-17-22-21-16(12-4-6-29-10-12)24(17)5-7-27-2/h8-9,11-12,14H,4-7,10H2,1-3H3,(H,22,23)/t11-,12-,14-/m0/s1. The number of hydrogen-bond acceptors (Lipinski definition) is 9. The van der Waals surface area contributed by atoms with E-state index in [2.05, 4.69) is 24.9 Å². The zero-order valence-electron chi connectivity index (χ0n) is 17.0. The maximum Gasteiger partial charge on any atom is 0.240 e. The Bertz CT molecular complexity index is 933. The summed E-state index contributed by atoms with van der Waals surface area (Å²) < 4.78 is 46.4. The van der Waals surface area contributed by atoms with Crippen molar-refractivity contribution in [2.24, 2.45) is 0 Å². The van der Waals surface area contributed by atoms with Crippen LogP contribution in [-0.4, -0.2) is 72.4 Å². The van der Waals surface area contributed by atoms with Gasteiger partial charge in [0.15, 0.2) is 5.82 Å². The van der Waals surface area contributed by atoms with Gasteiger partial charge in [-0.1, -0.05) is 11.6 Å². The molecule has 0 aromatic carbocycles. The van der Waals surface area contributed by atoms with Crippen molar-refractivity contribution in [2.75, 3.05) is 38.8 Å². The van der Waals surface area contributed by atoms with E-state index in [9.17, 15) is 8.42 Å². The number of rotatable bonds is 10. The third-order valence-electron chi connectivity index (χ3n) is 4.89. The largest absolute Gasteiger partial charge is 0.383 e. The van der Waals surface area contributed by atoms with Crippen LogP contribution in [0.5, 0.6) is 0 Å². The van der Waals surface area contributed by atoms with Crippen molar-refractivity contribution in [3.8, 4) is 0 Å². The Morgan fingerprint density at radius 2 is 2.07 bits per heavy atom. The van der Waals surface area contributed by atoms with Gasteiger partial charge in [-0.05, 0) is 13.3 Å². The number of anilines is 1. The first-order chi connectivity index (χ1) is 14.4. The van der Waals surface area contributed by atoms with Crippen LogP contribution in [0.25, 0.3) is 0 Å². The molecule has 1 fully saturated rings. The molecule has 1 saturated heterocycles. The molecule has 1 aliphatic rings. The zero-order valence-corrected chi connectivity index (χ0v) is 18.6. The van der Waals surface area contributed by atoms with Crippen LogP contribution >= 0.6 is 11.6 Å². The molecule has 0 bridgehead atoms. The highest BCUT2D eigenvalue weighted by Crippen LogP contribution is 2.28. The summed E-state index contributed by atoms with van der Waals surface area (Å²) in [6.45, 7) is 3.44. The molecule has 1 aliphatic heterocycles. The van der Waals surface area contributed by atoms with Gasteiger partial charge in [-0.2, -0.15) is 0 Å². The molecule has 0 radical (unpaired) electrons. The van der Waals surface area contributed by atoms with Crippen LogP contribution in [0.15, 0.2) is 12.4 Å². The van der Waals surface area contributed by atoms with Crippen molar-refractivity contribution in [1.82, 2.24) is 24.7 Å². The van der Waals surface area contributed by atoms with Gasteiger partial charge in [0.05, 0.1) is 24.8 Å². The van der Waals surface area contributed by atoms with E-state index in [4.69, 9.17) is 25.8 Å². The molecule has 2 aromatic rings. The maximum atomic E-state index is 13.1. The summed E-state index contributed by atoms with van der Waals surface area (Å²) in [6, 6.07) is 0. The number of ether oxygens (including phenoxy) is 3. The SMILES string of the molecule is COCCn1c(NS(=O)(=O)[C@@H](C)[C@H](OC)c2ncc(Cl)cn2)nnc1[C@H]1CCOC1. The van der Waals surface area contributed by atoms with E-state index < -0.39 is 21.4 Å². The number of nitrogens with zero attached hydrogens (tertiary/aromatic N) is 5. The predicted octanol–water partition coefficient (Wildman–Crippen LogP) is 1.39. The highest BCUT2D eigenvalue weighted by Gasteiger charge is 2.35. The average Bonchev–Trinajstić information content (AvgIpc) is 3.38. The van der Waals surface area contributed by atoms with Crippen molar-refractivity contribution >= 4 is 27.6 Å². The van der Waals surface area contributed by atoms with Gasteiger partial charge < -0.3 is 14.2 Å². The molecular weight excluding hydrogens is 436 g/mol. The van der Waals surface area contributed by atoms with E-state index in [-0.39, 0.29) is 17.7 Å². The fourth-order valence-electron chi connectivity index (χ4n) is 3.19. The summed E-state index contributed by atoms with van der Waals surface area (Å²) in [5.74, 6) is 1.05. The topological polar surface area (TPSA) is 130 Å². The summed E-state index contributed by atoms with van der Waals surface area (Å²) in [4.78, 5) is 8.16. The molecule has 0 amide bonds. The molecule has 1 N–H and O–H groups in total. The summed E-state index contributed by atoms with van der Waals surface area (Å²) in [5, 5.41) is 7.61. The lowest BCUT2D eigenvalue weighted by Crippen LogP contribution is -2.33. The first-order valence-electron chi connectivity index (χ1n) is 9.39. The molecule has 3 atom stereocenters.